The Kier molecular flexibility index (Phi) is 4.27. The van der Waals surface area contributed by atoms with E-state index >= 15 is 0 Å². The van der Waals surface area contributed by atoms with Crippen molar-refractivity contribution in [3.8, 4) is 0 Å². The number of ketones is 1. The summed E-state index contributed by atoms with van der Waals surface area (Å²) >= 11 is 1.71. The third-order valence-corrected chi connectivity index (χ3v) is 4.95. The van der Waals surface area contributed by atoms with E-state index in [-0.39, 0.29) is 5.78 Å². The number of benzene rings is 2. The minimum Gasteiger partial charge on any atom is -0.465 e. The summed E-state index contributed by atoms with van der Waals surface area (Å²) in [5.74, 6) is 0.725. The zero-order valence-electron chi connectivity index (χ0n) is 13.3. The van der Waals surface area contributed by atoms with E-state index in [1.807, 2.05) is 54.6 Å². The summed E-state index contributed by atoms with van der Waals surface area (Å²) in [6.07, 6.45) is 8.50. The van der Waals surface area contributed by atoms with Crippen LogP contribution in [0.25, 0.3) is 6.08 Å². The van der Waals surface area contributed by atoms with Gasteiger partial charge in [-0.1, -0.05) is 36.0 Å². The maximum Gasteiger partial charge on any atom is 0.185 e. The molecule has 1 aliphatic rings. The van der Waals surface area contributed by atoms with Crippen molar-refractivity contribution in [3.05, 3.63) is 90.4 Å². The van der Waals surface area contributed by atoms with Crippen molar-refractivity contribution >= 4 is 35.0 Å². The van der Waals surface area contributed by atoms with Gasteiger partial charge in [0, 0.05) is 15.4 Å². The number of hydrogen-bond donors (Lipinski definition) is 1. The molecule has 0 unspecified atom stereocenters. The van der Waals surface area contributed by atoms with Gasteiger partial charge in [0.2, 0.25) is 0 Å². The highest BCUT2D eigenvalue weighted by atomic mass is 32.2. The summed E-state index contributed by atoms with van der Waals surface area (Å²) in [5, 5.41) is 3.40. The molecule has 3 aromatic rings. The number of hydrogen-bond acceptors (Lipinski definition) is 4. The summed E-state index contributed by atoms with van der Waals surface area (Å²) in [7, 11) is 0. The van der Waals surface area contributed by atoms with Gasteiger partial charge >= 0.3 is 0 Å². The van der Waals surface area contributed by atoms with E-state index in [2.05, 4.69) is 11.4 Å². The number of allylic oxidation sites excluding steroid dienone is 3. The molecule has 122 valence electrons. The number of anilines is 2. The number of para-hydroxylation sites is 1. The molecular weight excluding hydrogens is 330 g/mol. The number of furan rings is 1. The van der Waals surface area contributed by atoms with E-state index in [0.29, 0.717) is 5.56 Å². The van der Waals surface area contributed by atoms with Crippen molar-refractivity contribution in [2.75, 3.05) is 5.32 Å². The molecule has 0 aliphatic carbocycles. The third kappa shape index (κ3) is 3.44. The molecule has 0 bridgehead atoms. The summed E-state index contributed by atoms with van der Waals surface area (Å²) in [6, 6.07) is 17.6. The first-order valence-electron chi connectivity index (χ1n) is 7.90. The van der Waals surface area contributed by atoms with Crippen LogP contribution in [-0.4, -0.2) is 5.78 Å². The average Bonchev–Trinajstić information content (AvgIpc) is 3.16. The molecule has 1 N–H and O–H groups in total. The van der Waals surface area contributed by atoms with Gasteiger partial charge in [0.15, 0.2) is 5.78 Å². The van der Waals surface area contributed by atoms with E-state index in [1.165, 1.54) is 4.90 Å². The molecule has 4 heteroatoms. The lowest BCUT2D eigenvalue weighted by Crippen LogP contribution is -2.02. The zero-order valence-corrected chi connectivity index (χ0v) is 14.1. The van der Waals surface area contributed by atoms with Gasteiger partial charge in [0.1, 0.15) is 5.76 Å². The van der Waals surface area contributed by atoms with Crippen LogP contribution in [0, 0.1) is 0 Å². The SMILES string of the molecule is O=C(/C=C/C=C/c1ccco1)c1ccc2c(c1)Nc1ccccc1S2. The van der Waals surface area contributed by atoms with Gasteiger partial charge in [0.05, 0.1) is 17.6 Å². The first-order valence-corrected chi connectivity index (χ1v) is 8.72. The molecular formula is C21H15NO2S. The fourth-order valence-electron chi connectivity index (χ4n) is 2.57. The van der Waals surface area contributed by atoms with Crippen molar-refractivity contribution in [1.82, 2.24) is 0 Å². The summed E-state index contributed by atoms with van der Waals surface area (Å²) in [4.78, 5) is 14.7. The van der Waals surface area contributed by atoms with Crippen LogP contribution >= 0.6 is 11.8 Å². The molecule has 0 spiro atoms. The Morgan fingerprint density at radius 1 is 0.960 bits per heavy atom. The third-order valence-electron chi connectivity index (χ3n) is 3.80. The highest BCUT2D eigenvalue weighted by molar-refractivity contribution is 7.99. The van der Waals surface area contributed by atoms with Crippen molar-refractivity contribution in [2.24, 2.45) is 0 Å². The van der Waals surface area contributed by atoms with Crippen LogP contribution in [-0.2, 0) is 0 Å². The van der Waals surface area contributed by atoms with Crippen LogP contribution < -0.4 is 5.32 Å². The van der Waals surface area contributed by atoms with Crippen molar-refractivity contribution < 1.29 is 9.21 Å². The molecule has 3 nitrogen and oxygen atoms in total. The smallest absolute Gasteiger partial charge is 0.185 e. The zero-order chi connectivity index (χ0) is 17.1. The highest BCUT2D eigenvalue weighted by Crippen LogP contribution is 2.44. The Hall–Kier alpha value is -2.98. The summed E-state index contributed by atoms with van der Waals surface area (Å²) < 4.78 is 5.20. The lowest BCUT2D eigenvalue weighted by Gasteiger charge is -2.20. The molecule has 1 aromatic heterocycles. The Morgan fingerprint density at radius 3 is 2.72 bits per heavy atom. The molecule has 25 heavy (non-hydrogen) atoms. The number of nitrogens with one attached hydrogen (secondary N) is 1. The maximum atomic E-state index is 12.4. The topological polar surface area (TPSA) is 42.2 Å². The lowest BCUT2D eigenvalue weighted by molar-refractivity contribution is 0.104. The van der Waals surface area contributed by atoms with E-state index < -0.39 is 0 Å². The van der Waals surface area contributed by atoms with Crippen molar-refractivity contribution in [2.45, 2.75) is 9.79 Å². The second-order valence-electron chi connectivity index (χ2n) is 5.53. The van der Waals surface area contributed by atoms with E-state index in [4.69, 9.17) is 4.42 Å². The second-order valence-corrected chi connectivity index (χ2v) is 6.62. The number of fused-ring (bicyclic) bond motifs is 2. The first-order chi connectivity index (χ1) is 12.3. The normalized spacial score (nSPS) is 12.8. The van der Waals surface area contributed by atoms with Gasteiger partial charge in [-0.05, 0) is 54.6 Å². The fraction of sp³-hybridized carbons (Fsp3) is 0. The molecule has 0 saturated carbocycles. The minimum absolute atomic E-state index is 0.0300. The molecule has 0 fully saturated rings. The Labute approximate surface area is 150 Å². The van der Waals surface area contributed by atoms with Gasteiger partial charge in [-0.15, -0.1) is 0 Å². The highest BCUT2D eigenvalue weighted by Gasteiger charge is 2.16. The van der Waals surface area contributed by atoms with E-state index in [1.54, 1.807) is 36.3 Å². The number of rotatable bonds is 4. The maximum absolute atomic E-state index is 12.4. The molecule has 2 heterocycles. The molecule has 0 saturated heterocycles. The predicted octanol–water partition coefficient (Wildman–Crippen LogP) is 5.94. The number of carbonyl (C=O) groups excluding carboxylic acids is 1. The second kappa shape index (κ2) is 6.87. The predicted molar refractivity (Wildman–Crippen MR) is 102 cm³/mol. The van der Waals surface area contributed by atoms with Crippen LogP contribution in [0.15, 0.2) is 93.3 Å². The van der Waals surface area contributed by atoms with Crippen LogP contribution in [0.1, 0.15) is 16.1 Å². The molecule has 0 radical (unpaired) electrons. The quantitative estimate of drug-likeness (QED) is 0.282. The van der Waals surface area contributed by atoms with Crippen molar-refractivity contribution in [1.29, 1.82) is 0 Å². The lowest BCUT2D eigenvalue weighted by atomic mass is 10.1. The van der Waals surface area contributed by atoms with Crippen LogP contribution in [0.5, 0.6) is 0 Å². The van der Waals surface area contributed by atoms with Crippen LogP contribution in [0.3, 0.4) is 0 Å². The molecule has 1 aliphatic heterocycles. The van der Waals surface area contributed by atoms with Gasteiger partial charge in [-0.3, -0.25) is 4.79 Å². The van der Waals surface area contributed by atoms with E-state index in [0.717, 1.165) is 22.0 Å². The summed E-state index contributed by atoms with van der Waals surface area (Å²) in [6.45, 7) is 0. The average molecular weight is 345 g/mol. The van der Waals surface area contributed by atoms with Gasteiger partial charge < -0.3 is 9.73 Å². The van der Waals surface area contributed by atoms with Gasteiger partial charge in [-0.2, -0.15) is 0 Å². The largest absolute Gasteiger partial charge is 0.465 e. The van der Waals surface area contributed by atoms with Gasteiger partial charge in [-0.25, -0.2) is 0 Å². The Balaban J connectivity index is 1.49. The van der Waals surface area contributed by atoms with Crippen LogP contribution in [0.2, 0.25) is 0 Å². The first kappa shape index (κ1) is 15.5. The number of carbonyl (C=O) groups is 1. The Bertz CT molecular complexity index is 971. The van der Waals surface area contributed by atoms with Crippen LogP contribution in [0.4, 0.5) is 11.4 Å². The van der Waals surface area contributed by atoms with Gasteiger partial charge in [0.25, 0.3) is 0 Å². The molecule has 4 rings (SSSR count). The monoisotopic (exact) mass is 345 g/mol. The molecule has 2 aromatic carbocycles. The van der Waals surface area contributed by atoms with Crippen molar-refractivity contribution in [3.63, 3.8) is 0 Å². The summed E-state index contributed by atoms with van der Waals surface area (Å²) in [5.41, 5.74) is 2.70. The molecule has 0 atom stereocenters. The standard InChI is InChI=1S/C21H15NO2S/c23-19(9-3-1-6-16-7-5-13-24-16)15-11-12-21-18(14-15)22-17-8-2-4-10-20(17)25-21/h1-14,22H/b6-1+,9-3+. The minimum atomic E-state index is -0.0300. The molecule has 0 amide bonds. The fourth-order valence-corrected chi connectivity index (χ4v) is 3.54. The van der Waals surface area contributed by atoms with E-state index in [9.17, 15) is 4.79 Å². The Morgan fingerprint density at radius 2 is 1.84 bits per heavy atom.